The number of nitrogens with zero attached hydrogens (tertiary/aromatic N) is 6. The van der Waals surface area contributed by atoms with E-state index in [1.54, 1.807) is 0 Å². The van der Waals surface area contributed by atoms with Gasteiger partial charge in [-0.1, -0.05) is 57.8 Å². The number of amides is 6. The molecule has 648 valence electrons. The summed E-state index contributed by atoms with van der Waals surface area (Å²) in [4.78, 5) is 90.0. The number of hydrogen-bond acceptors (Lipinski definition) is 12. The summed E-state index contributed by atoms with van der Waals surface area (Å²) < 4.78 is 0. The first kappa shape index (κ1) is 88.4. The maximum atomic E-state index is 12.8. The third-order valence-electron chi connectivity index (χ3n) is 35.0. The minimum atomic E-state index is 0.0558. The van der Waals surface area contributed by atoms with E-state index in [0.29, 0.717) is 83.8 Å². The fraction of sp³-hybridized carbons (Fsp3) is 0.938. The van der Waals surface area contributed by atoms with E-state index >= 15 is 0 Å². The monoisotopic (exact) mass is 1590 g/mol. The molecule has 18 aliphatic rings. The average molecular weight is 1590 g/mol. The van der Waals surface area contributed by atoms with Crippen LogP contribution >= 0.6 is 0 Å². The highest BCUT2D eigenvalue weighted by molar-refractivity contribution is 5.85. The Bertz CT molecular complexity index is 3080. The summed E-state index contributed by atoms with van der Waals surface area (Å²) in [6.07, 6.45) is 58.7. The van der Waals surface area contributed by atoms with E-state index in [0.717, 1.165) is 141 Å². The number of nitrogens with one attached hydrogen (secondary N) is 6. The van der Waals surface area contributed by atoms with E-state index in [1.807, 2.05) is 42.3 Å². The van der Waals surface area contributed by atoms with Crippen LogP contribution in [0.25, 0.3) is 0 Å². The van der Waals surface area contributed by atoms with Gasteiger partial charge in [-0.25, -0.2) is 0 Å². The largest absolute Gasteiger partial charge is 0.338 e. The fourth-order valence-electron chi connectivity index (χ4n) is 28.7. The second-order valence-electron chi connectivity index (χ2n) is 42.2. The second-order valence-corrected chi connectivity index (χ2v) is 42.2. The molecule has 114 heavy (non-hydrogen) atoms. The average Bonchev–Trinajstić information content (AvgIpc) is 1.61. The highest BCUT2D eigenvalue weighted by Crippen LogP contribution is 2.55. The summed E-state index contributed by atoms with van der Waals surface area (Å²) in [6, 6.07) is 4.08. The van der Waals surface area contributed by atoms with Crippen LogP contribution in [0.5, 0.6) is 0 Å². The zero-order chi connectivity index (χ0) is 80.5. The van der Waals surface area contributed by atoms with Gasteiger partial charge in [-0.2, -0.15) is 0 Å². The third-order valence-corrected chi connectivity index (χ3v) is 35.0. The van der Waals surface area contributed by atoms with Crippen molar-refractivity contribution in [1.29, 1.82) is 0 Å². The summed E-state index contributed by atoms with van der Waals surface area (Å²) in [5.74, 6) is 14.6. The molecule has 0 radical (unpaired) electrons. The predicted molar refractivity (Wildman–Crippen MR) is 461 cm³/mol. The molecule has 0 aromatic carbocycles. The van der Waals surface area contributed by atoms with Gasteiger partial charge in [0.05, 0.1) is 36.3 Å². The highest BCUT2D eigenvalue weighted by atomic mass is 16.2. The van der Waals surface area contributed by atoms with E-state index in [9.17, 15) is 28.8 Å². The molecule has 6 heterocycles. The lowest BCUT2D eigenvalue weighted by molar-refractivity contribution is -0.142. The van der Waals surface area contributed by atoms with Crippen LogP contribution in [0.3, 0.4) is 0 Å². The minimum Gasteiger partial charge on any atom is -0.338 e. The summed E-state index contributed by atoms with van der Waals surface area (Å²) in [5.41, 5.74) is 0.237. The van der Waals surface area contributed by atoms with Gasteiger partial charge >= 0.3 is 0 Å². The number of likely N-dealkylation sites (N-methyl/N-ethyl adjacent to an activating group) is 6. The Morgan fingerprint density at radius 2 is 0.588 bits per heavy atom. The molecule has 0 aromatic heterocycles. The van der Waals surface area contributed by atoms with Crippen molar-refractivity contribution in [3.05, 3.63) is 0 Å². The molecule has 0 spiro atoms. The van der Waals surface area contributed by atoms with Crippen LogP contribution in [0.15, 0.2) is 0 Å². The molecule has 0 aromatic rings. The first-order valence-electron chi connectivity index (χ1n) is 49.0. The van der Waals surface area contributed by atoms with Crippen molar-refractivity contribution in [2.24, 2.45) is 82.9 Å². The second kappa shape index (κ2) is 41.0. The molecule has 26 unspecified atom stereocenters. The maximum absolute atomic E-state index is 12.8. The van der Waals surface area contributed by atoms with Crippen LogP contribution < -0.4 is 31.9 Å². The molecule has 12 bridgehead atoms. The Kier molecular flexibility index (Phi) is 31.8. The molecular formula is C96H168N12O6. The molecule has 18 fully saturated rings. The molecule has 12 saturated carbocycles. The van der Waals surface area contributed by atoms with Crippen LogP contribution in [0.4, 0.5) is 0 Å². The molecule has 26 atom stereocenters. The highest BCUT2D eigenvalue weighted by Gasteiger charge is 2.54. The Hall–Kier alpha value is -3.42. The Labute approximate surface area is 693 Å². The van der Waals surface area contributed by atoms with Crippen LogP contribution in [-0.4, -0.2) is 217 Å². The zero-order valence-corrected chi connectivity index (χ0v) is 74.4. The van der Waals surface area contributed by atoms with Gasteiger partial charge in [-0.3, -0.25) is 28.8 Å². The van der Waals surface area contributed by atoms with E-state index in [1.165, 1.54) is 257 Å². The molecule has 6 aliphatic heterocycles. The van der Waals surface area contributed by atoms with Gasteiger partial charge in [-0.15, -0.1) is 0 Å². The standard InChI is InChI=1S/2C17H30N2O.2C16H28N2O.2C15H26N2O/c1-12-5-3-8-16(18-2)17(20)19(12)11-15-10-13-6-4-7-14(15)9-13;1-12-4-3-5-16(18-2)17(20)19(12)11-15-9-13-6-7-14(8-13)10-15;1-11-5-3-8-14(17-2)16(19)18(11)15-10-12-6-4-7-13(15)9-12;1-11-4-3-5-15(17-2)16(19)18(11)10-14-9-12-6-7-13(14)8-12;1-11-4-3-5-13(16-2)14(18)17(11)15-8-6-12(10-15)7-9-15;1-10-4-3-5-13(16-2)15(18)17(10)14-9-11-6-7-12(14)8-11/h2*12-16,18H,3-11H2,1-2H3;2*11-15,17H,3-10H2,1-2H3;11-13,16H,3-10H2,1-2H3;10-14,16H,3-9H2,1-2H3. The van der Waals surface area contributed by atoms with E-state index in [-0.39, 0.29) is 41.8 Å². The Morgan fingerprint density at radius 3 is 0.982 bits per heavy atom. The summed E-state index contributed by atoms with van der Waals surface area (Å²) >= 11 is 0. The number of fused-ring (bicyclic) bond motifs is 12. The number of rotatable bonds is 15. The SMILES string of the molecule is CNC1CCCC(C)N(C23CCC(CC2)C3)C1=O.CNC1CCCC(C)N(C2CC3CCC2C3)C1=O.CNC1CCCC(C)N(C2CC3CCCC2C3)C1=O.CNC1CCCC(C)N(CC2CC3CCC(C3)C2)C1=O.CNC1CCCC(C)N(CC2CC3CCC2C3)C1=O.CNC1CCCC(C)N(CC2CC3CCCC2C3)C1=O. The van der Waals surface area contributed by atoms with Gasteiger partial charge in [0.1, 0.15) is 0 Å². The normalized spacial score (nSPS) is 43.1. The molecule has 6 N–H and O–H groups in total. The quantitative estimate of drug-likeness (QED) is 0.0910. The van der Waals surface area contributed by atoms with Crippen LogP contribution in [0.1, 0.15) is 337 Å². The predicted octanol–water partition coefficient (Wildman–Crippen LogP) is 15.0. The molecule has 12 aliphatic carbocycles. The first-order chi connectivity index (χ1) is 55.1. The first-order valence-corrected chi connectivity index (χ1v) is 49.0. The lowest BCUT2D eigenvalue weighted by Crippen LogP contribution is -2.57. The van der Waals surface area contributed by atoms with Crippen molar-refractivity contribution in [1.82, 2.24) is 61.3 Å². The smallest absolute Gasteiger partial charge is 0.240 e. The topological polar surface area (TPSA) is 194 Å². The lowest BCUT2D eigenvalue weighted by atomic mass is 9.80. The van der Waals surface area contributed by atoms with Crippen molar-refractivity contribution in [2.75, 3.05) is 61.9 Å². The fourth-order valence-corrected chi connectivity index (χ4v) is 28.7. The maximum Gasteiger partial charge on any atom is 0.240 e. The van der Waals surface area contributed by atoms with Crippen LogP contribution in [-0.2, 0) is 28.8 Å². The van der Waals surface area contributed by atoms with Crippen molar-refractivity contribution in [3.8, 4) is 0 Å². The summed E-state index contributed by atoms with van der Waals surface area (Å²) in [5, 5.41) is 19.3. The minimum absolute atomic E-state index is 0.0558. The van der Waals surface area contributed by atoms with Gasteiger partial charge in [0.2, 0.25) is 35.4 Å². The van der Waals surface area contributed by atoms with Gasteiger partial charge < -0.3 is 61.3 Å². The molecule has 18 rings (SSSR count). The van der Waals surface area contributed by atoms with Crippen molar-refractivity contribution < 1.29 is 28.8 Å². The Balaban J connectivity index is 0.000000119. The molecule has 6 amide bonds. The van der Waals surface area contributed by atoms with Crippen molar-refractivity contribution in [3.63, 3.8) is 0 Å². The number of hydrogen-bond donors (Lipinski definition) is 6. The third kappa shape index (κ3) is 20.7. The van der Waals surface area contributed by atoms with Gasteiger partial charge in [-0.05, 0) is 404 Å². The van der Waals surface area contributed by atoms with Gasteiger partial charge in [0.25, 0.3) is 0 Å². The van der Waals surface area contributed by atoms with Crippen LogP contribution in [0, 0.1) is 82.9 Å². The van der Waals surface area contributed by atoms with Gasteiger partial charge in [0.15, 0.2) is 0 Å². The zero-order valence-electron chi connectivity index (χ0n) is 74.4. The van der Waals surface area contributed by atoms with Crippen molar-refractivity contribution in [2.45, 2.75) is 427 Å². The number of likely N-dealkylation sites (tertiary alicyclic amines) is 6. The number of carbonyl (C=O) groups is 6. The lowest BCUT2D eigenvalue weighted by Gasteiger charge is -2.44. The van der Waals surface area contributed by atoms with Crippen LogP contribution in [0.2, 0.25) is 0 Å². The number of carbonyl (C=O) groups excluding carboxylic acids is 6. The molecule has 18 nitrogen and oxygen atoms in total. The molecule has 18 heteroatoms. The summed E-state index contributed by atoms with van der Waals surface area (Å²) in [7, 11) is 11.6. The summed E-state index contributed by atoms with van der Waals surface area (Å²) in [6.45, 7) is 16.6. The van der Waals surface area contributed by atoms with E-state index in [4.69, 9.17) is 0 Å². The molecular weight excluding hydrogens is 1420 g/mol. The van der Waals surface area contributed by atoms with Crippen molar-refractivity contribution >= 4 is 35.4 Å². The van der Waals surface area contributed by atoms with Gasteiger partial charge in [0, 0.05) is 73.5 Å². The van der Waals surface area contributed by atoms with E-state index < -0.39 is 0 Å². The van der Waals surface area contributed by atoms with E-state index in [2.05, 4.69) is 103 Å². The Morgan fingerprint density at radius 1 is 0.272 bits per heavy atom. The molecule has 6 saturated heterocycles.